The SMILES string of the molecule is CCC(=O)NCCN(C)S(=O)(=O)C(F)(F)C(F)(F)C(F)(F)C(F)(F)F. The summed E-state index contributed by atoms with van der Waals surface area (Å²) < 4.78 is 137. The molecule has 0 atom stereocenters. The van der Waals surface area contributed by atoms with Crippen molar-refractivity contribution in [3.8, 4) is 0 Å². The first-order chi connectivity index (χ1) is 10.9. The fraction of sp³-hybridized carbons (Fsp3) is 0.900. The number of likely N-dealkylation sites (N-methyl/N-ethyl adjacent to an activating group) is 1. The minimum atomic E-state index is -7.31. The summed E-state index contributed by atoms with van der Waals surface area (Å²) in [5.41, 5.74) is 0. The monoisotopic (exact) mass is 412 g/mol. The van der Waals surface area contributed by atoms with Gasteiger partial charge in [0, 0.05) is 26.6 Å². The molecule has 150 valence electrons. The molecule has 0 aliphatic rings. The number of rotatable bonds is 8. The van der Waals surface area contributed by atoms with Gasteiger partial charge in [-0.15, -0.1) is 0 Å². The van der Waals surface area contributed by atoms with Gasteiger partial charge in [-0.2, -0.15) is 43.8 Å². The third-order valence-corrected chi connectivity index (χ3v) is 4.83. The largest absolute Gasteiger partial charge is 0.460 e. The van der Waals surface area contributed by atoms with Crippen LogP contribution in [0, 0.1) is 0 Å². The Morgan fingerprint density at radius 3 is 1.76 bits per heavy atom. The summed E-state index contributed by atoms with van der Waals surface area (Å²) in [5.74, 6) is -15.3. The van der Waals surface area contributed by atoms with Crippen LogP contribution in [0.1, 0.15) is 13.3 Å². The van der Waals surface area contributed by atoms with Crippen molar-refractivity contribution in [2.75, 3.05) is 20.1 Å². The lowest BCUT2D eigenvalue weighted by atomic mass is 10.1. The Hall–Kier alpha value is -1.25. The lowest BCUT2D eigenvalue weighted by molar-refractivity contribution is -0.382. The van der Waals surface area contributed by atoms with E-state index in [1.807, 2.05) is 5.32 Å². The molecule has 0 fully saturated rings. The van der Waals surface area contributed by atoms with Gasteiger partial charge in [-0.25, -0.2) is 8.42 Å². The summed E-state index contributed by atoms with van der Waals surface area (Å²) >= 11 is 0. The molecule has 1 amide bonds. The average molecular weight is 412 g/mol. The molecule has 0 aromatic carbocycles. The van der Waals surface area contributed by atoms with Crippen LogP contribution in [0.2, 0.25) is 0 Å². The minimum absolute atomic E-state index is 0.0947. The highest BCUT2D eigenvalue weighted by Gasteiger charge is 2.85. The van der Waals surface area contributed by atoms with Gasteiger partial charge in [0.1, 0.15) is 0 Å². The number of amides is 1. The van der Waals surface area contributed by atoms with E-state index in [1.54, 1.807) is 0 Å². The Labute approximate surface area is 136 Å². The van der Waals surface area contributed by atoms with Crippen LogP contribution in [0.25, 0.3) is 0 Å². The smallest absolute Gasteiger partial charge is 0.355 e. The van der Waals surface area contributed by atoms with Crippen molar-refractivity contribution in [2.24, 2.45) is 0 Å². The molecule has 0 aliphatic carbocycles. The van der Waals surface area contributed by atoms with Gasteiger partial charge < -0.3 is 5.32 Å². The zero-order chi connectivity index (χ0) is 20.5. The number of halogens is 9. The van der Waals surface area contributed by atoms with Gasteiger partial charge in [-0.05, 0) is 0 Å². The Morgan fingerprint density at radius 2 is 1.40 bits per heavy atom. The standard InChI is InChI=1S/C10H13F9N2O3S/c1-3-6(22)20-4-5-21(2)25(23,24)10(18,19)8(13,14)7(11,12)9(15,16)17/h3-5H2,1-2H3,(H,20,22). The van der Waals surface area contributed by atoms with Gasteiger partial charge in [-0.3, -0.25) is 4.79 Å². The second-order valence-electron chi connectivity index (χ2n) is 4.69. The van der Waals surface area contributed by atoms with E-state index in [9.17, 15) is 52.7 Å². The molecule has 15 heteroatoms. The summed E-state index contributed by atoms with van der Waals surface area (Å²) in [6.07, 6.45) is -7.22. The molecule has 1 N–H and O–H groups in total. The highest BCUT2D eigenvalue weighted by molar-refractivity contribution is 7.90. The molecular weight excluding hydrogens is 399 g/mol. The molecule has 0 aliphatic heterocycles. The summed E-state index contributed by atoms with van der Waals surface area (Å²) in [6, 6.07) is 0. The zero-order valence-corrected chi connectivity index (χ0v) is 13.4. The van der Waals surface area contributed by atoms with Gasteiger partial charge in [0.25, 0.3) is 10.0 Å². The molecule has 0 aromatic rings. The maximum atomic E-state index is 13.5. The Balaban J connectivity index is 5.63. The fourth-order valence-corrected chi connectivity index (χ4v) is 2.49. The van der Waals surface area contributed by atoms with Crippen LogP contribution in [0.3, 0.4) is 0 Å². The number of nitrogens with zero attached hydrogens (tertiary/aromatic N) is 1. The summed E-state index contributed by atoms with van der Waals surface area (Å²) in [4.78, 5) is 10.9. The number of carbonyl (C=O) groups is 1. The fourth-order valence-electron chi connectivity index (χ4n) is 1.32. The molecule has 0 aromatic heterocycles. The zero-order valence-electron chi connectivity index (χ0n) is 12.6. The van der Waals surface area contributed by atoms with Crippen LogP contribution in [0.5, 0.6) is 0 Å². The second-order valence-corrected chi connectivity index (χ2v) is 6.78. The third kappa shape index (κ3) is 4.12. The van der Waals surface area contributed by atoms with E-state index in [2.05, 4.69) is 0 Å². The van der Waals surface area contributed by atoms with Gasteiger partial charge in [0.2, 0.25) is 5.91 Å². The van der Waals surface area contributed by atoms with Gasteiger partial charge in [-0.1, -0.05) is 6.92 Å². The number of carbonyl (C=O) groups excluding carboxylic acids is 1. The summed E-state index contributed by atoms with van der Waals surface area (Å²) in [6.45, 7) is -0.374. The highest BCUT2D eigenvalue weighted by Crippen LogP contribution is 2.55. The number of nitrogens with one attached hydrogen (secondary N) is 1. The molecule has 0 radical (unpaired) electrons. The van der Waals surface area contributed by atoms with Crippen molar-refractivity contribution in [3.05, 3.63) is 0 Å². The van der Waals surface area contributed by atoms with E-state index in [-0.39, 0.29) is 13.5 Å². The molecule has 25 heavy (non-hydrogen) atoms. The Morgan fingerprint density at radius 1 is 0.960 bits per heavy atom. The molecule has 0 saturated heterocycles. The minimum Gasteiger partial charge on any atom is -0.355 e. The van der Waals surface area contributed by atoms with Crippen molar-refractivity contribution < 1.29 is 52.7 Å². The number of sulfonamides is 1. The van der Waals surface area contributed by atoms with E-state index in [0.29, 0.717) is 0 Å². The maximum Gasteiger partial charge on any atom is 0.460 e. The van der Waals surface area contributed by atoms with Crippen LogP contribution in [0.4, 0.5) is 39.5 Å². The Bertz CT molecular complexity index is 589. The van der Waals surface area contributed by atoms with Crippen LogP contribution in [-0.2, 0) is 14.8 Å². The van der Waals surface area contributed by atoms with Crippen LogP contribution in [-0.4, -0.2) is 62.0 Å². The maximum absolute atomic E-state index is 13.5. The van der Waals surface area contributed by atoms with Gasteiger partial charge in [0.05, 0.1) is 0 Å². The highest BCUT2D eigenvalue weighted by atomic mass is 32.2. The first kappa shape index (κ1) is 23.8. The summed E-state index contributed by atoms with van der Waals surface area (Å²) in [5, 5.41) is -4.80. The van der Waals surface area contributed by atoms with Crippen molar-refractivity contribution in [2.45, 2.75) is 36.6 Å². The number of hydrogen-bond donors (Lipinski definition) is 1. The topological polar surface area (TPSA) is 66.5 Å². The third-order valence-electron chi connectivity index (χ3n) is 2.92. The molecular formula is C10H13F9N2O3S. The normalized spacial score (nSPS) is 14.7. The van der Waals surface area contributed by atoms with Crippen LogP contribution in [0.15, 0.2) is 0 Å². The predicted octanol–water partition coefficient (Wildman–Crippen LogP) is 2.20. The number of hydrogen-bond acceptors (Lipinski definition) is 3. The quantitative estimate of drug-likeness (QED) is 0.622. The second kappa shape index (κ2) is 7.17. The van der Waals surface area contributed by atoms with E-state index in [1.165, 1.54) is 6.92 Å². The predicted molar refractivity (Wildman–Crippen MR) is 65.7 cm³/mol. The molecule has 5 nitrogen and oxygen atoms in total. The molecule has 0 unspecified atom stereocenters. The molecule has 0 bridgehead atoms. The van der Waals surface area contributed by atoms with E-state index in [0.717, 1.165) is 0 Å². The van der Waals surface area contributed by atoms with E-state index >= 15 is 0 Å². The van der Waals surface area contributed by atoms with Gasteiger partial charge >= 0.3 is 23.3 Å². The first-order valence-corrected chi connectivity index (χ1v) is 7.74. The number of alkyl halides is 9. The average Bonchev–Trinajstić information content (AvgIpc) is 2.44. The van der Waals surface area contributed by atoms with Crippen molar-refractivity contribution in [1.82, 2.24) is 9.62 Å². The van der Waals surface area contributed by atoms with E-state index in [4.69, 9.17) is 0 Å². The van der Waals surface area contributed by atoms with Crippen LogP contribution >= 0.6 is 0 Å². The molecule has 0 saturated carbocycles. The first-order valence-electron chi connectivity index (χ1n) is 6.30. The van der Waals surface area contributed by atoms with Gasteiger partial charge in [0.15, 0.2) is 0 Å². The molecule has 0 rings (SSSR count). The Kier molecular flexibility index (Phi) is 6.81. The van der Waals surface area contributed by atoms with E-state index < -0.39 is 56.6 Å². The van der Waals surface area contributed by atoms with Crippen LogP contribution < -0.4 is 5.32 Å². The van der Waals surface area contributed by atoms with Crippen molar-refractivity contribution >= 4 is 15.9 Å². The summed E-state index contributed by atoms with van der Waals surface area (Å²) in [7, 11) is -6.37. The van der Waals surface area contributed by atoms with Crippen molar-refractivity contribution in [3.63, 3.8) is 0 Å². The molecule has 0 spiro atoms. The lowest BCUT2D eigenvalue weighted by Crippen LogP contribution is -2.65. The molecule has 0 heterocycles. The van der Waals surface area contributed by atoms with Crippen molar-refractivity contribution in [1.29, 1.82) is 0 Å². The lowest BCUT2D eigenvalue weighted by Gasteiger charge is -2.34.